The van der Waals surface area contributed by atoms with E-state index in [-0.39, 0.29) is 11.3 Å². The standard InChI is InChI=1S/C12H22N2O3/c1-12(2,3)9(13)10(15)14-7-5-4-6-8(14)11(16)17/h8-9H,4-7,13H2,1-3H3,(H,16,17)/t8-,9-/m0/s1. The van der Waals surface area contributed by atoms with Gasteiger partial charge >= 0.3 is 5.97 Å². The third kappa shape index (κ3) is 3.19. The summed E-state index contributed by atoms with van der Waals surface area (Å²) in [4.78, 5) is 24.7. The Bertz CT molecular complexity index is 309. The molecule has 1 aliphatic heterocycles. The van der Waals surface area contributed by atoms with Crippen LogP contribution >= 0.6 is 0 Å². The monoisotopic (exact) mass is 242 g/mol. The van der Waals surface area contributed by atoms with Crippen LogP contribution in [0.4, 0.5) is 0 Å². The van der Waals surface area contributed by atoms with Crippen molar-refractivity contribution >= 4 is 11.9 Å². The molecule has 1 heterocycles. The number of hydrogen-bond donors (Lipinski definition) is 2. The van der Waals surface area contributed by atoms with Crippen LogP contribution in [0.5, 0.6) is 0 Å². The maximum absolute atomic E-state index is 12.2. The quantitative estimate of drug-likeness (QED) is 0.751. The molecular weight excluding hydrogens is 220 g/mol. The van der Waals surface area contributed by atoms with Gasteiger partial charge in [0.25, 0.3) is 0 Å². The van der Waals surface area contributed by atoms with Crippen molar-refractivity contribution in [1.29, 1.82) is 0 Å². The summed E-state index contributed by atoms with van der Waals surface area (Å²) in [6, 6.07) is -1.35. The molecule has 0 aliphatic carbocycles. The zero-order valence-electron chi connectivity index (χ0n) is 10.8. The number of piperidine rings is 1. The van der Waals surface area contributed by atoms with E-state index >= 15 is 0 Å². The third-order valence-corrected chi connectivity index (χ3v) is 3.27. The highest BCUT2D eigenvalue weighted by Gasteiger charge is 2.37. The van der Waals surface area contributed by atoms with Crippen molar-refractivity contribution in [2.45, 2.75) is 52.1 Å². The lowest BCUT2D eigenvalue weighted by molar-refractivity contribution is -0.153. The van der Waals surface area contributed by atoms with Gasteiger partial charge in [0, 0.05) is 6.54 Å². The molecule has 5 heteroatoms. The van der Waals surface area contributed by atoms with Gasteiger partial charge in [-0.2, -0.15) is 0 Å². The summed E-state index contributed by atoms with van der Waals surface area (Å²) in [6.07, 6.45) is 2.23. The highest BCUT2D eigenvalue weighted by atomic mass is 16.4. The molecule has 1 amide bonds. The number of carbonyl (C=O) groups is 2. The summed E-state index contributed by atoms with van der Waals surface area (Å²) in [7, 11) is 0. The van der Waals surface area contributed by atoms with Crippen molar-refractivity contribution < 1.29 is 14.7 Å². The fraction of sp³-hybridized carbons (Fsp3) is 0.833. The van der Waals surface area contributed by atoms with E-state index in [1.165, 1.54) is 4.90 Å². The highest BCUT2D eigenvalue weighted by Crippen LogP contribution is 2.23. The number of amides is 1. The van der Waals surface area contributed by atoms with Crippen molar-refractivity contribution in [3.63, 3.8) is 0 Å². The summed E-state index contributed by atoms with van der Waals surface area (Å²) < 4.78 is 0. The number of hydrogen-bond acceptors (Lipinski definition) is 3. The molecular formula is C12H22N2O3. The molecule has 3 N–H and O–H groups in total. The maximum atomic E-state index is 12.2. The van der Waals surface area contributed by atoms with Crippen molar-refractivity contribution in [1.82, 2.24) is 4.90 Å². The number of nitrogens with two attached hydrogens (primary N) is 1. The minimum absolute atomic E-state index is 0.246. The van der Waals surface area contributed by atoms with Crippen LogP contribution in [0.1, 0.15) is 40.0 Å². The van der Waals surface area contributed by atoms with Crippen molar-refractivity contribution in [2.75, 3.05) is 6.54 Å². The zero-order chi connectivity index (χ0) is 13.2. The minimum Gasteiger partial charge on any atom is -0.480 e. The van der Waals surface area contributed by atoms with Gasteiger partial charge in [0.15, 0.2) is 0 Å². The van der Waals surface area contributed by atoms with E-state index in [1.807, 2.05) is 20.8 Å². The zero-order valence-corrected chi connectivity index (χ0v) is 10.8. The van der Waals surface area contributed by atoms with E-state index in [1.54, 1.807) is 0 Å². The molecule has 0 aromatic heterocycles. The van der Waals surface area contributed by atoms with Crippen LogP contribution in [-0.4, -0.2) is 40.5 Å². The number of likely N-dealkylation sites (tertiary alicyclic amines) is 1. The molecule has 0 saturated carbocycles. The molecule has 5 nitrogen and oxygen atoms in total. The Morgan fingerprint density at radius 3 is 2.41 bits per heavy atom. The predicted molar refractivity (Wildman–Crippen MR) is 64.4 cm³/mol. The van der Waals surface area contributed by atoms with Crippen LogP contribution in [0.25, 0.3) is 0 Å². The number of carbonyl (C=O) groups excluding carboxylic acids is 1. The Morgan fingerprint density at radius 2 is 1.94 bits per heavy atom. The van der Waals surface area contributed by atoms with Crippen molar-refractivity contribution in [3.05, 3.63) is 0 Å². The fourth-order valence-corrected chi connectivity index (χ4v) is 2.00. The Hall–Kier alpha value is -1.10. The number of aliphatic carboxylic acids is 1. The van der Waals surface area contributed by atoms with E-state index in [4.69, 9.17) is 10.8 Å². The fourth-order valence-electron chi connectivity index (χ4n) is 2.00. The summed E-state index contributed by atoms with van der Waals surface area (Å²) in [5.74, 6) is -1.18. The van der Waals surface area contributed by atoms with Gasteiger partial charge in [-0.3, -0.25) is 4.79 Å². The number of carboxylic acid groups (broad SMARTS) is 1. The first-order valence-electron chi connectivity index (χ1n) is 6.04. The predicted octanol–water partition coefficient (Wildman–Crippen LogP) is 0.825. The van der Waals surface area contributed by atoms with E-state index in [9.17, 15) is 9.59 Å². The second-order valence-electron chi connectivity index (χ2n) is 5.73. The SMILES string of the molecule is CC(C)(C)[C@@H](N)C(=O)N1CCCC[C@H]1C(=O)O. The van der Waals surface area contributed by atoms with Crippen LogP contribution in [0.2, 0.25) is 0 Å². The van der Waals surface area contributed by atoms with Crippen LogP contribution in [0, 0.1) is 5.41 Å². The Morgan fingerprint density at radius 1 is 1.35 bits per heavy atom. The molecule has 2 atom stereocenters. The molecule has 0 spiro atoms. The summed E-state index contributed by atoms with van der Waals surface area (Å²) >= 11 is 0. The number of rotatable bonds is 2. The van der Waals surface area contributed by atoms with Gasteiger partial charge < -0.3 is 15.7 Å². The molecule has 1 fully saturated rings. The van der Waals surface area contributed by atoms with Gasteiger partial charge in [-0.1, -0.05) is 20.8 Å². The molecule has 0 aromatic rings. The first kappa shape index (κ1) is 14.0. The topological polar surface area (TPSA) is 83.6 Å². The Labute approximate surface area is 102 Å². The molecule has 98 valence electrons. The van der Waals surface area contributed by atoms with Crippen molar-refractivity contribution in [3.8, 4) is 0 Å². The Kier molecular flexibility index (Phi) is 4.14. The molecule has 0 bridgehead atoms. The van der Waals surface area contributed by atoms with Gasteiger partial charge in [-0.25, -0.2) is 4.79 Å². The first-order chi connectivity index (χ1) is 7.75. The largest absolute Gasteiger partial charge is 0.480 e. The maximum Gasteiger partial charge on any atom is 0.326 e. The lowest BCUT2D eigenvalue weighted by atomic mass is 9.85. The molecule has 0 radical (unpaired) electrons. The molecule has 1 aliphatic rings. The summed E-state index contributed by atoms with van der Waals surface area (Å²) in [6.45, 7) is 6.15. The van der Waals surface area contributed by atoms with Crippen LogP contribution in [0.15, 0.2) is 0 Å². The molecule has 17 heavy (non-hydrogen) atoms. The summed E-state index contributed by atoms with van der Waals surface area (Å²) in [5.41, 5.74) is 5.55. The van der Waals surface area contributed by atoms with Gasteiger partial charge in [-0.05, 0) is 24.7 Å². The minimum atomic E-state index is -0.931. The smallest absolute Gasteiger partial charge is 0.326 e. The lowest BCUT2D eigenvalue weighted by Gasteiger charge is -2.37. The third-order valence-electron chi connectivity index (χ3n) is 3.27. The molecule has 1 saturated heterocycles. The Balaban J connectivity index is 2.82. The van der Waals surface area contributed by atoms with Crippen LogP contribution in [0.3, 0.4) is 0 Å². The van der Waals surface area contributed by atoms with Gasteiger partial charge in [0.05, 0.1) is 6.04 Å². The van der Waals surface area contributed by atoms with Gasteiger partial charge in [0.1, 0.15) is 6.04 Å². The normalized spacial score (nSPS) is 23.3. The van der Waals surface area contributed by atoms with E-state index in [0.717, 1.165) is 12.8 Å². The molecule has 0 unspecified atom stereocenters. The van der Waals surface area contributed by atoms with Crippen molar-refractivity contribution in [2.24, 2.45) is 11.1 Å². The van der Waals surface area contributed by atoms with Crippen LogP contribution in [-0.2, 0) is 9.59 Å². The van der Waals surface area contributed by atoms with E-state index in [2.05, 4.69) is 0 Å². The van der Waals surface area contributed by atoms with Crippen LogP contribution < -0.4 is 5.73 Å². The molecule has 1 rings (SSSR count). The van der Waals surface area contributed by atoms with Gasteiger partial charge in [-0.15, -0.1) is 0 Å². The summed E-state index contributed by atoms with van der Waals surface area (Å²) in [5, 5.41) is 9.11. The number of carboxylic acids is 1. The average Bonchev–Trinajstić information content (AvgIpc) is 2.25. The molecule has 0 aromatic carbocycles. The second kappa shape index (κ2) is 5.04. The average molecular weight is 242 g/mol. The van der Waals surface area contributed by atoms with E-state index < -0.39 is 18.1 Å². The first-order valence-corrected chi connectivity index (χ1v) is 6.04. The number of nitrogens with zero attached hydrogens (tertiary/aromatic N) is 1. The highest BCUT2D eigenvalue weighted by molar-refractivity contribution is 5.87. The second-order valence-corrected chi connectivity index (χ2v) is 5.73. The van der Waals surface area contributed by atoms with E-state index in [0.29, 0.717) is 13.0 Å². The lowest BCUT2D eigenvalue weighted by Crippen LogP contribution is -2.56. The van der Waals surface area contributed by atoms with Gasteiger partial charge in [0.2, 0.25) is 5.91 Å².